The topological polar surface area (TPSA) is 77.0 Å². The Balaban J connectivity index is 1.66. The fraction of sp³-hybridized carbons (Fsp3) is 0.120. The van der Waals surface area contributed by atoms with Gasteiger partial charge in [0.25, 0.3) is 5.91 Å². The van der Waals surface area contributed by atoms with Gasteiger partial charge in [-0.3, -0.25) is 4.79 Å². The summed E-state index contributed by atoms with van der Waals surface area (Å²) in [6, 6.07) is 23.5. The highest BCUT2D eigenvalue weighted by Crippen LogP contribution is 2.23. The Hall–Kier alpha value is -4.04. The lowest BCUT2D eigenvalue weighted by Gasteiger charge is -2.12. The molecular weight excluding hydrogens is 372 g/mol. The molecule has 3 rings (SSSR count). The summed E-state index contributed by atoms with van der Waals surface area (Å²) in [7, 11) is 0. The van der Waals surface area contributed by atoms with Gasteiger partial charge < -0.3 is 16.0 Å². The van der Waals surface area contributed by atoms with Gasteiger partial charge in [-0.05, 0) is 68.3 Å². The SMILES string of the molecule is Cc1cc(C)c(NC(=O)/C(C#N)=C\Nc2ccc(Nc3ccccc3)cc2)c(C)c1. The third-order valence-electron chi connectivity index (χ3n) is 4.61. The average Bonchev–Trinajstić information content (AvgIpc) is 2.73. The summed E-state index contributed by atoms with van der Waals surface area (Å²) in [5, 5.41) is 18.6. The van der Waals surface area contributed by atoms with E-state index in [4.69, 9.17) is 0 Å². The predicted molar refractivity (Wildman–Crippen MR) is 123 cm³/mol. The Labute approximate surface area is 177 Å². The monoisotopic (exact) mass is 396 g/mol. The first-order chi connectivity index (χ1) is 14.5. The third kappa shape index (κ3) is 5.27. The van der Waals surface area contributed by atoms with E-state index in [1.807, 2.05) is 93.6 Å². The van der Waals surface area contributed by atoms with Gasteiger partial charge in [0, 0.05) is 28.9 Å². The molecule has 0 spiro atoms. The lowest BCUT2D eigenvalue weighted by atomic mass is 10.0. The summed E-state index contributed by atoms with van der Waals surface area (Å²) >= 11 is 0. The zero-order chi connectivity index (χ0) is 21.5. The van der Waals surface area contributed by atoms with Gasteiger partial charge in [0.15, 0.2) is 0 Å². The van der Waals surface area contributed by atoms with Crippen molar-refractivity contribution in [3.05, 3.63) is 95.2 Å². The quantitative estimate of drug-likeness (QED) is 0.363. The van der Waals surface area contributed by atoms with Gasteiger partial charge in [-0.25, -0.2) is 0 Å². The van der Waals surface area contributed by atoms with Crippen molar-refractivity contribution >= 4 is 28.7 Å². The number of rotatable bonds is 6. The Kier molecular flexibility index (Phi) is 6.51. The van der Waals surface area contributed by atoms with E-state index >= 15 is 0 Å². The van der Waals surface area contributed by atoms with E-state index in [9.17, 15) is 10.1 Å². The number of hydrogen-bond donors (Lipinski definition) is 3. The van der Waals surface area contributed by atoms with E-state index in [0.29, 0.717) is 0 Å². The maximum absolute atomic E-state index is 12.6. The third-order valence-corrected chi connectivity index (χ3v) is 4.61. The number of benzene rings is 3. The summed E-state index contributed by atoms with van der Waals surface area (Å²) in [5.74, 6) is -0.442. The maximum Gasteiger partial charge on any atom is 0.267 e. The molecule has 0 saturated carbocycles. The first kappa shape index (κ1) is 20.7. The van der Waals surface area contributed by atoms with Crippen molar-refractivity contribution in [3.63, 3.8) is 0 Å². The zero-order valence-electron chi connectivity index (χ0n) is 17.3. The van der Waals surface area contributed by atoms with Crippen molar-refractivity contribution in [2.24, 2.45) is 0 Å². The molecule has 0 fully saturated rings. The Bertz CT molecular complexity index is 1090. The summed E-state index contributed by atoms with van der Waals surface area (Å²) in [6.45, 7) is 5.89. The Morgan fingerprint density at radius 2 is 1.43 bits per heavy atom. The molecule has 3 aromatic rings. The number of nitrogens with zero attached hydrogens (tertiary/aromatic N) is 1. The molecule has 0 atom stereocenters. The molecule has 0 unspecified atom stereocenters. The standard InChI is InChI=1S/C25H24N4O/c1-17-13-18(2)24(19(3)14-17)29-25(30)20(15-26)16-27-21-9-11-23(12-10-21)28-22-7-5-4-6-8-22/h4-14,16,27-28H,1-3H3,(H,29,30)/b20-16-. The Morgan fingerprint density at radius 3 is 2.03 bits per heavy atom. The second kappa shape index (κ2) is 9.44. The number of nitrogens with one attached hydrogen (secondary N) is 3. The van der Waals surface area contributed by atoms with Crippen LogP contribution < -0.4 is 16.0 Å². The molecule has 150 valence electrons. The number of nitriles is 1. The lowest BCUT2D eigenvalue weighted by molar-refractivity contribution is -0.112. The zero-order valence-corrected chi connectivity index (χ0v) is 17.3. The fourth-order valence-electron chi connectivity index (χ4n) is 3.20. The molecule has 3 aromatic carbocycles. The summed E-state index contributed by atoms with van der Waals surface area (Å²) in [5.41, 5.74) is 6.52. The first-order valence-corrected chi connectivity index (χ1v) is 9.64. The van der Waals surface area contributed by atoms with Gasteiger partial charge in [0.1, 0.15) is 11.6 Å². The van der Waals surface area contributed by atoms with Crippen molar-refractivity contribution in [2.45, 2.75) is 20.8 Å². The van der Waals surface area contributed by atoms with Gasteiger partial charge in [-0.1, -0.05) is 35.9 Å². The van der Waals surface area contributed by atoms with Crippen LogP contribution >= 0.6 is 0 Å². The predicted octanol–water partition coefficient (Wildman–Crippen LogP) is 5.81. The van der Waals surface area contributed by atoms with Crippen LogP contribution in [0.1, 0.15) is 16.7 Å². The average molecular weight is 396 g/mol. The highest BCUT2D eigenvalue weighted by molar-refractivity contribution is 6.07. The largest absolute Gasteiger partial charge is 0.360 e. The van der Waals surface area contributed by atoms with E-state index in [2.05, 4.69) is 16.0 Å². The summed E-state index contributed by atoms with van der Waals surface area (Å²) < 4.78 is 0. The number of hydrogen-bond acceptors (Lipinski definition) is 4. The van der Waals surface area contributed by atoms with Crippen LogP contribution in [-0.4, -0.2) is 5.91 Å². The van der Waals surface area contributed by atoms with Crippen LogP contribution in [0.3, 0.4) is 0 Å². The van der Waals surface area contributed by atoms with E-state index < -0.39 is 5.91 Å². The second-order valence-electron chi connectivity index (χ2n) is 7.11. The van der Waals surface area contributed by atoms with Crippen LogP contribution in [0.15, 0.2) is 78.5 Å². The van der Waals surface area contributed by atoms with E-state index in [1.54, 1.807) is 0 Å². The molecule has 0 heterocycles. The van der Waals surface area contributed by atoms with E-state index in [-0.39, 0.29) is 5.57 Å². The smallest absolute Gasteiger partial charge is 0.267 e. The molecule has 3 N–H and O–H groups in total. The molecule has 30 heavy (non-hydrogen) atoms. The van der Waals surface area contributed by atoms with Crippen LogP contribution in [0.25, 0.3) is 0 Å². The fourth-order valence-corrected chi connectivity index (χ4v) is 3.20. The Morgan fingerprint density at radius 1 is 0.867 bits per heavy atom. The molecule has 5 heteroatoms. The first-order valence-electron chi connectivity index (χ1n) is 9.64. The molecule has 0 saturated heterocycles. The lowest BCUT2D eigenvalue weighted by Crippen LogP contribution is -2.16. The minimum absolute atomic E-state index is 0.000798. The van der Waals surface area contributed by atoms with Crippen molar-refractivity contribution in [2.75, 3.05) is 16.0 Å². The van der Waals surface area contributed by atoms with E-state index in [1.165, 1.54) is 6.20 Å². The maximum atomic E-state index is 12.6. The minimum atomic E-state index is -0.442. The number of para-hydroxylation sites is 1. The van der Waals surface area contributed by atoms with Gasteiger partial charge >= 0.3 is 0 Å². The molecule has 0 aromatic heterocycles. The van der Waals surface area contributed by atoms with Gasteiger partial charge in [-0.15, -0.1) is 0 Å². The van der Waals surface area contributed by atoms with Crippen LogP contribution in [0, 0.1) is 32.1 Å². The number of carbonyl (C=O) groups is 1. The van der Waals surface area contributed by atoms with Crippen molar-refractivity contribution in [1.82, 2.24) is 0 Å². The highest BCUT2D eigenvalue weighted by atomic mass is 16.1. The molecule has 0 aliphatic rings. The number of aryl methyl sites for hydroxylation is 3. The minimum Gasteiger partial charge on any atom is -0.360 e. The van der Waals surface area contributed by atoms with Crippen LogP contribution in [-0.2, 0) is 4.79 Å². The van der Waals surface area contributed by atoms with Crippen LogP contribution in [0.4, 0.5) is 22.7 Å². The van der Waals surface area contributed by atoms with Gasteiger partial charge in [-0.2, -0.15) is 5.26 Å². The highest BCUT2D eigenvalue weighted by Gasteiger charge is 2.12. The summed E-state index contributed by atoms with van der Waals surface area (Å²) in [4.78, 5) is 12.6. The molecule has 5 nitrogen and oxygen atoms in total. The van der Waals surface area contributed by atoms with Gasteiger partial charge in [0.05, 0.1) is 0 Å². The molecule has 0 radical (unpaired) electrons. The van der Waals surface area contributed by atoms with Crippen molar-refractivity contribution in [3.8, 4) is 6.07 Å². The van der Waals surface area contributed by atoms with Crippen LogP contribution in [0.5, 0.6) is 0 Å². The normalized spacial score (nSPS) is 10.8. The van der Waals surface area contributed by atoms with E-state index in [0.717, 1.165) is 39.4 Å². The summed E-state index contributed by atoms with van der Waals surface area (Å²) in [6.07, 6.45) is 1.42. The van der Waals surface area contributed by atoms with Crippen LogP contribution in [0.2, 0.25) is 0 Å². The second-order valence-corrected chi connectivity index (χ2v) is 7.11. The van der Waals surface area contributed by atoms with Crippen molar-refractivity contribution in [1.29, 1.82) is 5.26 Å². The molecule has 0 aliphatic heterocycles. The number of carbonyl (C=O) groups excluding carboxylic acids is 1. The molecule has 1 amide bonds. The molecule has 0 bridgehead atoms. The molecular formula is C25H24N4O. The number of anilines is 4. The van der Waals surface area contributed by atoms with Crippen molar-refractivity contribution < 1.29 is 4.79 Å². The van der Waals surface area contributed by atoms with Gasteiger partial charge in [0.2, 0.25) is 0 Å². The molecule has 0 aliphatic carbocycles. The number of amides is 1.